The van der Waals surface area contributed by atoms with E-state index in [0.717, 1.165) is 38.0 Å². The van der Waals surface area contributed by atoms with Crippen LogP contribution in [-0.2, 0) is 0 Å². The van der Waals surface area contributed by atoms with Crippen LogP contribution in [0.25, 0.3) is 0 Å². The lowest BCUT2D eigenvalue weighted by Crippen LogP contribution is -2.25. The highest BCUT2D eigenvalue weighted by Gasteiger charge is 2.18. The molecule has 1 aliphatic rings. The molecule has 1 N–H and O–H groups in total. The third kappa shape index (κ3) is 3.45. The molecule has 1 saturated heterocycles. The molecule has 5 heteroatoms. The Morgan fingerprint density at radius 3 is 2.67 bits per heavy atom. The Morgan fingerprint density at radius 2 is 2.00 bits per heavy atom. The first-order valence-electron chi connectivity index (χ1n) is 7.10. The lowest BCUT2D eigenvalue weighted by molar-refractivity contribution is 0.354. The molecule has 5 nitrogen and oxygen atoms in total. The number of likely N-dealkylation sites (N-methyl/N-ethyl adjacent to an activating group) is 1. The molecule has 2 rings (SSSR count). The molecule has 0 aliphatic carbocycles. The Kier molecular flexibility index (Phi) is 4.99. The van der Waals surface area contributed by atoms with Gasteiger partial charge in [0, 0.05) is 25.6 Å². The van der Waals surface area contributed by atoms with Gasteiger partial charge in [-0.3, -0.25) is 0 Å². The van der Waals surface area contributed by atoms with E-state index in [0.29, 0.717) is 0 Å². The zero-order valence-electron chi connectivity index (χ0n) is 11.5. The number of hydrogen-bond acceptors (Lipinski definition) is 5. The Bertz CT molecular complexity index is 345. The minimum atomic E-state index is 0.276. The molecule has 1 aliphatic heterocycles. The maximum atomic E-state index is 5.37. The first-order chi connectivity index (χ1) is 8.81. The summed E-state index contributed by atoms with van der Waals surface area (Å²) in [6.07, 6.45) is 5.10. The highest BCUT2D eigenvalue weighted by molar-refractivity contribution is 5.28. The Balaban J connectivity index is 1.95. The second-order valence-electron chi connectivity index (χ2n) is 5.04. The number of aromatic nitrogens is 2. The average Bonchev–Trinajstić information content (AvgIpc) is 2.72. The number of nitrogens with zero attached hydrogens (tertiary/aromatic N) is 3. The lowest BCUT2D eigenvalue weighted by Gasteiger charge is -2.16. The Morgan fingerprint density at radius 1 is 1.28 bits per heavy atom. The van der Waals surface area contributed by atoms with Gasteiger partial charge < -0.3 is 14.7 Å². The molecule has 0 radical (unpaired) electrons. The topological polar surface area (TPSA) is 54.2 Å². The van der Waals surface area contributed by atoms with Crippen molar-refractivity contribution in [3.63, 3.8) is 0 Å². The fraction of sp³-hybridized carbons (Fsp3) is 0.846. The molecule has 1 aromatic heterocycles. The van der Waals surface area contributed by atoms with Gasteiger partial charge in [0.25, 0.3) is 5.95 Å². The standard InChI is InChI=1S/C13H24N4O/c1-3-14-10-11(2)12-15-13(16-18-12)17-8-6-4-5-7-9-17/h11,14H,3-10H2,1-2H3. The fourth-order valence-corrected chi connectivity index (χ4v) is 2.27. The van der Waals surface area contributed by atoms with E-state index in [2.05, 4.69) is 34.2 Å². The summed E-state index contributed by atoms with van der Waals surface area (Å²) in [5.74, 6) is 1.80. The molecule has 0 saturated carbocycles. The van der Waals surface area contributed by atoms with Gasteiger partial charge in [-0.05, 0) is 24.5 Å². The highest BCUT2D eigenvalue weighted by atomic mass is 16.5. The molecule has 0 bridgehead atoms. The van der Waals surface area contributed by atoms with Crippen molar-refractivity contribution in [3.05, 3.63) is 5.89 Å². The summed E-state index contributed by atoms with van der Waals surface area (Å²) in [6.45, 7) is 8.18. The second kappa shape index (κ2) is 6.73. The first-order valence-corrected chi connectivity index (χ1v) is 7.10. The normalized spacial score (nSPS) is 18.7. The van der Waals surface area contributed by atoms with E-state index < -0.39 is 0 Å². The van der Waals surface area contributed by atoms with Crippen LogP contribution in [0.15, 0.2) is 4.52 Å². The van der Waals surface area contributed by atoms with Crippen molar-refractivity contribution in [3.8, 4) is 0 Å². The summed E-state index contributed by atoms with van der Waals surface area (Å²) in [5.41, 5.74) is 0. The summed E-state index contributed by atoms with van der Waals surface area (Å²) in [5, 5.41) is 7.43. The zero-order valence-corrected chi connectivity index (χ0v) is 11.5. The van der Waals surface area contributed by atoms with Crippen LogP contribution in [0, 0.1) is 0 Å². The highest BCUT2D eigenvalue weighted by Crippen LogP contribution is 2.19. The molecule has 1 aromatic rings. The van der Waals surface area contributed by atoms with E-state index in [1.54, 1.807) is 0 Å². The van der Waals surface area contributed by atoms with Gasteiger partial charge in [0.1, 0.15) is 0 Å². The van der Waals surface area contributed by atoms with Crippen LogP contribution in [0.1, 0.15) is 51.3 Å². The SMILES string of the molecule is CCNCC(C)c1nc(N2CCCCCC2)no1. The number of hydrogen-bond donors (Lipinski definition) is 1. The zero-order chi connectivity index (χ0) is 12.8. The number of nitrogens with one attached hydrogen (secondary N) is 1. The van der Waals surface area contributed by atoms with Crippen LogP contribution in [-0.4, -0.2) is 36.3 Å². The second-order valence-corrected chi connectivity index (χ2v) is 5.04. The van der Waals surface area contributed by atoms with Gasteiger partial charge in [-0.2, -0.15) is 4.98 Å². The molecule has 18 heavy (non-hydrogen) atoms. The molecule has 2 heterocycles. The van der Waals surface area contributed by atoms with Gasteiger partial charge in [-0.1, -0.05) is 26.7 Å². The number of rotatable bonds is 5. The molecule has 1 fully saturated rings. The van der Waals surface area contributed by atoms with E-state index in [1.807, 2.05) is 0 Å². The van der Waals surface area contributed by atoms with Crippen molar-refractivity contribution >= 4 is 5.95 Å². The largest absolute Gasteiger partial charge is 0.338 e. The van der Waals surface area contributed by atoms with E-state index in [-0.39, 0.29) is 5.92 Å². The Hall–Kier alpha value is -1.10. The predicted octanol–water partition coefficient (Wildman–Crippen LogP) is 2.16. The van der Waals surface area contributed by atoms with E-state index in [4.69, 9.17) is 4.52 Å². The van der Waals surface area contributed by atoms with E-state index in [9.17, 15) is 0 Å². The third-order valence-electron chi connectivity index (χ3n) is 3.44. The van der Waals surface area contributed by atoms with E-state index in [1.165, 1.54) is 25.7 Å². The molecule has 0 spiro atoms. The van der Waals surface area contributed by atoms with Crippen LogP contribution in [0.3, 0.4) is 0 Å². The fourth-order valence-electron chi connectivity index (χ4n) is 2.27. The van der Waals surface area contributed by atoms with Crippen LogP contribution < -0.4 is 10.2 Å². The summed E-state index contributed by atoms with van der Waals surface area (Å²) < 4.78 is 5.37. The molecule has 102 valence electrons. The molecule has 0 amide bonds. The van der Waals surface area contributed by atoms with Gasteiger partial charge in [0.2, 0.25) is 5.89 Å². The van der Waals surface area contributed by atoms with Gasteiger partial charge in [0.15, 0.2) is 0 Å². The third-order valence-corrected chi connectivity index (χ3v) is 3.44. The quantitative estimate of drug-likeness (QED) is 0.870. The van der Waals surface area contributed by atoms with Crippen molar-refractivity contribution in [1.82, 2.24) is 15.5 Å². The van der Waals surface area contributed by atoms with Crippen LogP contribution in [0.4, 0.5) is 5.95 Å². The minimum absolute atomic E-state index is 0.276. The number of anilines is 1. The van der Waals surface area contributed by atoms with Crippen molar-refractivity contribution in [2.75, 3.05) is 31.1 Å². The lowest BCUT2D eigenvalue weighted by atomic mass is 10.2. The van der Waals surface area contributed by atoms with Crippen molar-refractivity contribution < 1.29 is 4.52 Å². The van der Waals surface area contributed by atoms with Gasteiger partial charge in [0.05, 0.1) is 0 Å². The van der Waals surface area contributed by atoms with Gasteiger partial charge >= 0.3 is 0 Å². The van der Waals surface area contributed by atoms with E-state index >= 15 is 0 Å². The van der Waals surface area contributed by atoms with Crippen LogP contribution in [0.5, 0.6) is 0 Å². The van der Waals surface area contributed by atoms with Gasteiger partial charge in [-0.25, -0.2) is 0 Å². The minimum Gasteiger partial charge on any atom is -0.338 e. The monoisotopic (exact) mass is 252 g/mol. The molecule has 0 aromatic carbocycles. The van der Waals surface area contributed by atoms with Crippen molar-refractivity contribution in [1.29, 1.82) is 0 Å². The predicted molar refractivity (Wildman–Crippen MR) is 71.9 cm³/mol. The molecular formula is C13H24N4O. The summed E-state index contributed by atoms with van der Waals surface area (Å²) >= 11 is 0. The smallest absolute Gasteiger partial charge is 0.266 e. The summed E-state index contributed by atoms with van der Waals surface area (Å²) in [6, 6.07) is 0. The maximum absolute atomic E-state index is 5.37. The first kappa shape index (κ1) is 13.3. The van der Waals surface area contributed by atoms with Crippen molar-refractivity contribution in [2.45, 2.75) is 45.4 Å². The molecule has 1 unspecified atom stereocenters. The molecular weight excluding hydrogens is 228 g/mol. The van der Waals surface area contributed by atoms with Gasteiger partial charge in [-0.15, -0.1) is 0 Å². The van der Waals surface area contributed by atoms with Crippen LogP contribution >= 0.6 is 0 Å². The maximum Gasteiger partial charge on any atom is 0.266 e. The van der Waals surface area contributed by atoms with Crippen LogP contribution in [0.2, 0.25) is 0 Å². The Labute approximate surface area is 109 Å². The molecule has 1 atom stereocenters. The summed E-state index contributed by atoms with van der Waals surface area (Å²) in [4.78, 5) is 6.79. The van der Waals surface area contributed by atoms with Crippen molar-refractivity contribution in [2.24, 2.45) is 0 Å². The summed E-state index contributed by atoms with van der Waals surface area (Å²) in [7, 11) is 0. The average molecular weight is 252 g/mol.